The minimum Gasteiger partial charge on any atom is -0.507 e. The zero-order valence-corrected chi connectivity index (χ0v) is 19.7. The van der Waals surface area contributed by atoms with E-state index in [4.69, 9.17) is 0 Å². The van der Waals surface area contributed by atoms with Crippen LogP contribution < -0.4 is 0 Å². The molecule has 1 saturated carbocycles. The van der Waals surface area contributed by atoms with Crippen LogP contribution in [0.15, 0.2) is 76.7 Å². The lowest BCUT2D eigenvalue weighted by Crippen LogP contribution is -2.59. The molecule has 2 aromatic carbocycles. The summed E-state index contributed by atoms with van der Waals surface area (Å²) in [6.07, 6.45) is 1.61. The van der Waals surface area contributed by atoms with E-state index in [0.29, 0.717) is 12.5 Å². The third kappa shape index (κ3) is 3.71. The number of aliphatic carboxylic acids is 1. The van der Waals surface area contributed by atoms with Crippen molar-refractivity contribution in [3.05, 3.63) is 88.5 Å². The lowest BCUT2D eigenvalue weighted by Gasteiger charge is -2.49. The van der Waals surface area contributed by atoms with E-state index in [1.165, 1.54) is 11.2 Å². The number of aliphatic hydroxyl groups is 2. The minimum atomic E-state index is -1.77. The van der Waals surface area contributed by atoms with Crippen molar-refractivity contribution in [1.29, 1.82) is 0 Å². The Hall–Kier alpha value is -3.27. The molecular formula is C26H25N3O5S. The number of hydrazine groups is 1. The van der Waals surface area contributed by atoms with Gasteiger partial charge in [-0.3, -0.25) is 9.80 Å². The number of carbonyl (C=O) groups excluding carboxylic acids is 1. The summed E-state index contributed by atoms with van der Waals surface area (Å²) in [7, 11) is 0. The highest BCUT2D eigenvalue weighted by atomic mass is 32.2. The van der Waals surface area contributed by atoms with Crippen LogP contribution in [0, 0.1) is 5.92 Å². The van der Waals surface area contributed by atoms with Crippen LogP contribution >= 0.6 is 11.8 Å². The third-order valence-electron chi connectivity index (χ3n) is 7.04. The number of hydrogen-bond acceptors (Lipinski definition) is 7. The lowest BCUT2D eigenvalue weighted by atomic mass is 9.94. The number of carbonyl (C=O) groups is 2. The molecule has 1 unspecified atom stereocenters. The second-order valence-electron chi connectivity index (χ2n) is 9.35. The van der Waals surface area contributed by atoms with Gasteiger partial charge in [0.1, 0.15) is 6.10 Å². The number of fused-ring (bicyclic) bond motifs is 3. The molecule has 180 valence electrons. The SMILES string of the molecule is O=C(O)C1=CN2C(=C(O)C1O)C(=O)N(CC1CC1)CN2[C@@H]1c2ccccc2CSc2ccccc21. The van der Waals surface area contributed by atoms with E-state index in [1.807, 2.05) is 29.3 Å². The Kier molecular flexibility index (Phi) is 5.36. The van der Waals surface area contributed by atoms with Crippen LogP contribution in [-0.4, -0.2) is 61.4 Å². The Labute approximate surface area is 206 Å². The first kappa shape index (κ1) is 22.2. The predicted octanol–water partition coefficient (Wildman–Crippen LogP) is 3.22. The summed E-state index contributed by atoms with van der Waals surface area (Å²) in [6.45, 7) is 0.778. The Morgan fingerprint density at radius 3 is 2.51 bits per heavy atom. The fourth-order valence-electron chi connectivity index (χ4n) is 5.07. The molecule has 3 aliphatic heterocycles. The van der Waals surface area contributed by atoms with Gasteiger partial charge in [-0.2, -0.15) is 5.01 Å². The zero-order valence-electron chi connectivity index (χ0n) is 18.9. The van der Waals surface area contributed by atoms with E-state index in [-0.39, 0.29) is 24.0 Å². The molecule has 35 heavy (non-hydrogen) atoms. The van der Waals surface area contributed by atoms with Gasteiger partial charge in [0.15, 0.2) is 11.5 Å². The van der Waals surface area contributed by atoms with Crippen LogP contribution in [0.2, 0.25) is 0 Å². The molecule has 0 spiro atoms. The van der Waals surface area contributed by atoms with Gasteiger partial charge in [-0.15, -0.1) is 11.8 Å². The fourth-order valence-corrected chi connectivity index (χ4v) is 6.17. The molecule has 4 aliphatic rings. The second-order valence-corrected chi connectivity index (χ2v) is 10.4. The van der Waals surface area contributed by atoms with Gasteiger partial charge in [0.2, 0.25) is 0 Å². The van der Waals surface area contributed by atoms with Gasteiger partial charge >= 0.3 is 5.97 Å². The maximum atomic E-state index is 13.5. The van der Waals surface area contributed by atoms with Crippen molar-refractivity contribution in [1.82, 2.24) is 14.9 Å². The first-order valence-corrected chi connectivity index (χ1v) is 12.6. The van der Waals surface area contributed by atoms with Crippen LogP contribution in [0.1, 0.15) is 35.6 Å². The molecule has 3 heterocycles. The Morgan fingerprint density at radius 2 is 1.77 bits per heavy atom. The molecule has 1 amide bonds. The van der Waals surface area contributed by atoms with E-state index in [0.717, 1.165) is 40.2 Å². The van der Waals surface area contributed by atoms with Crippen molar-refractivity contribution in [2.24, 2.45) is 5.92 Å². The maximum absolute atomic E-state index is 13.5. The van der Waals surface area contributed by atoms with Crippen molar-refractivity contribution in [3.63, 3.8) is 0 Å². The average molecular weight is 492 g/mol. The van der Waals surface area contributed by atoms with Gasteiger partial charge in [-0.05, 0) is 41.5 Å². The average Bonchev–Trinajstić information content (AvgIpc) is 3.68. The van der Waals surface area contributed by atoms with Gasteiger partial charge in [-0.1, -0.05) is 42.5 Å². The molecule has 1 aliphatic carbocycles. The number of aliphatic hydroxyl groups excluding tert-OH is 2. The largest absolute Gasteiger partial charge is 0.507 e. The molecule has 8 nitrogen and oxygen atoms in total. The molecule has 1 saturated heterocycles. The van der Waals surface area contributed by atoms with Gasteiger partial charge in [0, 0.05) is 23.4 Å². The molecule has 2 atom stereocenters. The number of carboxylic acids is 1. The number of amides is 1. The molecule has 3 N–H and O–H groups in total. The van der Waals surface area contributed by atoms with Crippen molar-refractivity contribution in [2.45, 2.75) is 35.6 Å². The number of carboxylic acid groups (broad SMARTS) is 1. The number of benzene rings is 2. The van der Waals surface area contributed by atoms with Crippen LogP contribution in [-0.2, 0) is 15.3 Å². The quantitative estimate of drug-likeness (QED) is 0.599. The summed E-state index contributed by atoms with van der Waals surface area (Å²) in [5.74, 6) is -1.20. The molecule has 0 bridgehead atoms. The Balaban J connectivity index is 1.55. The molecular weight excluding hydrogens is 466 g/mol. The van der Waals surface area contributed by atoms with E-state index < -0.39 is 23.7 Å². The van der Waals surface area contributed by atoms with Gasteiger partial charge in [0.25, 0.3) is 5.91 Å². The van der Waals surface area contributed by atoms with Crippen LogP contribution in [0.5, 0.6) is 0 Å². The minimum absolute atomic E-state index is 0.0961. The standard InChI is InChI=1S/C26H25N3O5S/c30-23-19(26(33)34)12-28-22(24(23)31)25(32)27(11-15-9-10-15)14-29(28)21-17-6-2-1-5-16(17)13-35-20-8-4-3-7-18(20)21/h1-8,12,15,21,23,30-31H,9-11,13-14H2,(H,33,34)/t21-,23?/m1/s1. The zero-order chi connectivity index (χ0) is 24.3. The number of rotatable bonds is 4. The number of thioether (sulfide) groups is 1. The van der Waals surface area contributed by atoms with Crippen molar-refractivity contribution in [2.75, 3.05) is 13.2 Å². The Morgan fingerprint density at radius 1 is 1.06 bits per heavy atom. The summed E-state index contributed by atoms with van der Waals surface area (Å²) >= 11 is 1.74. The summed E-state index contributed by atoms with van der Waals surface area (Å²) < 4.78 is 0. The monoisotopic (exact) mass is 491 g/mol. The van der Waals surface area contributed by atoms with Crippen LogP contribution in [0.25, 0.3) is 0 Å². The first-order valence-electron chi connectivity index (χ1n) is 11.6. The fraction of sp³-hybridized carbons (Fsp3) is 0.308. The van der Waals surface area contributed by atoms with E-state index in [2.05, 4.69) is 24.3 Å². The van der Waals surface area contributed by atoms with E-state index >= 15 is 0 Å². The van der Waals surface area contributed by atoms with Crippen molar-refractivity contribution < 1.29 is 24.9 Å². The summed E-state index contributed by atoms with van der Waals surface area (Å²) in [5, 5.41) is 34.5. The van der Waals surface area contributed by atoms with Crippen molar-refractivity contribution in [3.8, 4) is 0 Å². The number of hydrogen-bond donors (Lipinski definition) is 3. The lowest BCUT2D eigenvalue weighted by molar-refractivity contribution is -0.151. The summed E-state index contributed by atoms with van der Waals surface area (Å²) in [4.78, 5) is 28.2. The van der Waals surface area contributed by atoms with E-state index in [1.54, 1.807) is 16.7 Å². The second kappa shape index (κ2) is 8.44. The molecule has 2 aromatic rings. The van der Waals surface area contributed by atoms with E-state index in [9.17, 15) is 24.9 Å². The molecule has 9 heteroatoms. The van der Waals surface area contributed by atoms with Gasteiger partial charge < -0.3 is 20.2 Å². The third-order valence-corrected chi connectivity index (χ3v) is 8.17. The summed E-state index contributed by atoms with van der Waals surface area (Å²) in [6, 6.07) is 15.9. The topological polar surface area (TPSA) is 105 Å². The van der Waals surface area contributed by atoms with Crippen LogP contribution in [0.3, 0.4) is 0 Å². The highest BCUT2D eigenvalue weighted by Gasteiger charge is 2.47. The first-order chi connectivity index (χ1) is 16.9. The van der Waals surface area contributed by atoms with Crippen molar-refractivity contribution >= 4 is 23.6 Å². The molecule has 6 rings (SSSR count). The molecule has 0 aromatic heterocycles. The van der Waals surface area contributed by atoms with Gasteiger partial charge in [-0.25, -0.2) is 4.79 Å². The normalized spacial score (nSPS) is 24.4. The highest BCUT2D eigenvalue weighted by Crippen LogP contribution is 2.45. The van der Waals surface area contributed by atoms with Crippen LogP contribution in [0.4, 0.5) is 0 Å². The van der Waals surface area contributed by atoms with Gasteiger partial charge in [0.05, 0.1) is 18.3 Å². The number of nitrogens with zero attached hydrogens (tertiary/aromatic N) is 3. The smallest absolute Gasteiger partial charge is 0.336 e. The Bertz CT molecular complexity index is 1240. The maximum Gasteiger partial charge on any atom is 0.336 e. The summed E-state index contributed by atoms with van der Waals surface area (Å²) in [5.41, 5.74) is 2.77. The molecule has 2 fully saturated rings. The highest BCUT2D eigenvalue weighted by molar-refractivity contribution is 7.98. The molecule has 0 radical (unpaired) electrons. The predicted molar refractivity (Wildman–Crippen MR) is 129 cm³/mol.